The molecule has 2 N–H and O–H groups in total. The maximum absolute atomic E-state index is 10.1. The predicted molar refractivity (Wildman–Crippen MR) is 31.8 cm³/mol. The summed E-state index contributed by atoms with van der Waals surface area (Å²) in [6, 6.07) is 1.18. The van der Waals surface area contributed by atoms with Crippen LogP contribution in [0.2, 0.25) is 0 Å². The molecule has 0 bridgehead atoms. The topological polar surface area (TPSA) is 130 Å². The maximum atomic E-state index is 10.1. The molecular formula is C5H6ClN3O4. The van der Waals surface area contributed by atoms with Crippen LogP contribution in [0.3, 0.4) is 0 Å². The van der Waals surface area contributed by atoms with E-state index in [1.165, 1.54) is 6.07 Å². The monoisotopic (exact) mass is 207 g/mol. The van der Waals surface area contributed by atoms with Gasteiger partial charge in [0.2, 0.25) is 5.95 Å². The summed E-state index contributed by atoms with van der Waals surface area (Å²) in [5.74, 6) is -0.546. The molecule has 72 valence electrons. The second kappa shape index (κ2) is 3.30. The van der Waals surface area contributed by atoms with E-state index < -0.39 is 10.2 Å². The molecule has 0 saturated heterocycles. The number of anilines is 1. The highest BCUT2D eigenvalue weighted by atomic mass is 35.7. The van der Waals surface area contributed by atoms with E-state index in [4.69, 9.17) is 5.73 Å². The molecule has 0 radical (unpaired) electrons. The summed E-state index contributed by atoms with van der Waals surface area (Å²) in [4.78, 5) is 7.03. The third kappa shape index (κ3) is 3.38. The number of rotatable bonds is 2. The molecule has 1 heterocycles. The Balaban J connectivity index is 2.90. The van der Waals surface area contributed by atoms with Gasteiger partial charge in [-0.1, -0.05) is 0 Å². The van der Waals surface area contributed by atoms with Crippen LogP contribution in [-0.4, -0.2) is 9.97 Å². The molecule has 0 aliphatic heterocycles. The van der Waals surface area contributed by atoms with Gasteiger partial charge < -0.3 is 5.73 Å². The zero-order valence-corrected chi connectivity index (χ0v) is 7.32. The molecular weight excluding hydrogens is 202 g/mol. The van der Waals surface area contributed by atoms with Crippen LogP contribution in [0.15, 0.2) is 6.07 Å². The van der Waals surface area contributed by atoms with Crippen molar-refractivity contribution in [2.75, 3.05) is 5.73 Å². The van der Waals surface area contributed by atoms with Gasteiger partial charge >= 0.3 is 5.88 Å². The van der Waals surface area contributed by atoms with Crippen molar-refractivity contribution >= 4 is 5.95 Å². The number of aromatic nitrogens is 2. The van der Waals surface area contributed by atoms with Gasteiger partial charge in [-0.05, 0) is 11.2 Å². The van der Waals surface area contributed by atoms with Crippen molar-refractivity contribution < 1.29 is 28.5 Å². The lowest BCUT2D eigenvalue weighted by atomic mass is 10.4. The molecule has 0 aliphatic carbocycles. The quantitative estimate of drug-likeness (QED) is 0.536. The van der Waals surface area contributed by atoms with Gasteiger partial charge in [-0.3, -0.25) is 0 Å². The highest BCUT2D eigenvalue weighted by molar-refractivity contribution is 5.24. The molecule has 0 amide bonds. The number of halogens is 1. The van der Waals surface area contributed by atoms with Crippen LogP contribution in [0.5, 0.6) is 5.88 Å². The van der Waals surface area contributed by atoms with Gasteiger partial charge in [0, 0.05) is 11.8 Å². The fourth-order valence-corrected chi connectivity index (χ4v) is 0.971. The highest BCUT2D eigenvalue weighted by Crippen LogP contribution is 2.11. The summed E-state index contributed by atoms with van der Waals surface area (Å²) in [5.41, 5.74) is 5.58. The fourth-order valence-electron chi connectivity index (χ4n) is 0.698. The molecule has 13 heavy (non-hydrogen) atoms. The SMILES string of the molecule is Cc1cc(O[Cl+3]([O-])([O-])[O-])nc(N)n1. The predicted octanol–water partition coefficient (Wildman–Crippen LogP) is -3.36. The molecule has 0 atom stereocenters. The molecule has 0 unspecified atom stereocenters. The second-order valence-corrected chi connectivity index (χ2v) is 3.07. The lowest BCUT2D eigenvalue weighted by Gasteiger charge is -2.11. The molecule has 8 heteroatoms. The first kappa shape index (κ1) is 9.93. The number of nitrogen functional groups attached to an aromatic ring is 1. The highest BCUT2D eigenvalue weighted by Gasteiger charge is 2.21. The van der Waals surface area contributed by atoms with Crippen molar-refractivity contribution in [2.24, 2.45) is 0 Å². The first-order valence-electron chi connectivity index (χ1n) is 3.08. The smallest absolute Gasteiger partial charge is 0.368 e. The zero-order chi connectivity index (χ0) is 10.1. The number of aryl methyl sites for hydroxylation is 1. The first-order chi connectivity index (χ1) is 5.87. The molecule has 1 aromatic heterocycles. The summed E-state index contributed by atoms with van der Waals surface area (Å²) < 4.78 is 34.3. The summed E-state index contributed by atoms with van der Waals surface area (Å²) in [5, 5.41) is 0. The van der Waals surface area contributed by atoms with E-state index in [2.05, 4.69) is 14.3 Å². The molecule has 0 saturated carbocycles. The Morgan fingerprint density at radius 3 is 2.46 bits per heavy atom. The van der Waals surface area contributed by atoms with E-state index in [1.54, 1.807) is 6.92 Å². The van der Waals surface area contributed by atoms with Crippen molar-refractivity contribution in [3.63, 3.8) is 0 Å². The van der Waals surface area contributed by atoms with Crippen LogP contribution in [0, 0.1) is 17.2 Å². The van der Waals surface area contributed by atoms with Crippen LogP contribution in [0.1, 0.15) is 5.69 Å². The third-order valence-corrected chi connectivity index (χ3v) is 1.37. The average molecular weight is 208 g/mol. The number of nitrogens with two attached hydrogens (primary N) is 1. The molecule has 0 aliphatic rings. The van der Waals surface area contributed by atoms with Gasteiger partial charge in [0.05, 0.1) is 0 Å². The van der Waals surface area contributed by atoms with Crippen LogP contribution in [-0.2, 0) is 0 Å². The average Bonchev–Trinajstić information content (AvgIpc) is 1.78. The zero-order valence-electron chi connectivity index (χ0n) is 6.56. The Labute approximate surface area is 75.5 Å². The third-order valence-electron chi connectivity index (χ3n) is 1.02. The van der Waals surface area contributed by atoms with E-state index in [0.717, 1.165) is 0 Å². The van der Waals surface area contributed by atoms with Gasteiger partial charge in [0.1, 0.15) is 10.2 Å². The molecule has 7 nitrogen and oxygen atoms in total. The van der Waals surface area contributed by atoms with Gasteiger partial charge in [-0.2, -0.15) is 19.0 Å². The van der Waals surface area contributed by atoms with E-state index in [1.807, 2.05) is 0 Å². The Kier molecular flexibility index (Phi) is 2.52. The summed E-state index contributed by atoms with van der Waals surface area (Å²) in [6.07, 6.45) is 0. The fraction of sp³-hybridized carbons (Fsp3) is 0.200. The van der Waals surface area contributed by atoms with Crippen LogP contribution in [0.4, 0.5) is 5.95 Å². The standard InChI is InChI=1S/C5H6ClN3O4/c1-3-2-4(9-5(7)8-3)13-6(10,11)12/h2H,1H3,(H2,7,8,9). The molecule has 0 aromatic carbocycles. The van der Waals surface area contributed by atoms with Crippen LogP contribution < -0.4 is 24.0 Å². The van der Waals surface area contributed by atoms with Crippen molar-refractivity contribution in [1.82, 2.24) is 9.97 Å². The largest absolute Gasteiger partial charge is 0.385 e. The Hall–Kier alpha value is -1.15. The van der Waals surface area contributed by atoms with Crippen molar-refractivity contribution in [1.29, 1.82) is 0 Å². The van der Waals surface area contributed by atoms with Crippen molar-refractivity contribution in [3.8, 4) is 5.88 Å². The van der Waals surface area contributed by atoms with E-state index in [9.17, 15) is 14.0 Å². The maximum Gasteiger partial charge on any atom is 0.385 e. The number of hydrogen-bond acceptors (Lipinski definition) is 7. The Morgan fingerprint density at radius 1 is 1.38 bits per heavy atom. The number of nitrogens with zero attached hydrogens (tertiary/aromatic N) is 2. The lowest BCUT2D eigenvalue weighted by molar-refractivity contribution is -1.91. The van der Waals surface area contributed by atoms with Gasteiger partial charge in [-0.25, -0.2) is 4.98 Å². The minimum atomic E-state index is -4.54. The minimum absolute atomic E-state index is 0.158. The Morgan fingerprint density at radius 2 is 2.00 bits per heavy atom. The summed E-state index contributed by atoms with van der Waals surface area (Å²) >= 11 is 0. The van der Waals surface area contributed by atoms with E-state index in [0.29, 0.717) is 5.69 Å². The van der Waals surface area contributed by atoms with Crippen LogP contribution >= 0.6 is 0 Å². The molecule has 0 spiro atoms. The molecule has 1 aromatic rings. The molecule has 0 fully saturated rings. The van der Waals surface area contributed by atoms with Gasteiger partial charge in [-0.15, -0.1) is 0 Å². The normalized spacial score (nSPS) is 11.4. The second-order valence-electron chi connectivity index (χ2n) is 2.16. The van der Waals surface area contributed by atoms with Crippen molar-refractivity contribution in [3.05, 3.63) is 11.8 Å². The Bertz CT molecular complexity index is 293. The summed E-state index contributed by atoms with van der Waals surface area (Å²) in [6.45, 7) is 1.55. The number of hydrogen-bond donors (Lipinski definition) is 1. The van der Waals surface area contributed by atoms with Crippen molar-refractivity contribution in [2.45, 2.75) is 6.92 Å². The first-order valence-corrected chi connectivity index (χ1v) is 4.32. The molecule has 1 rings (SSSR count). The lowest BCUT2D eigenvalue weighted by Crippen LogP contribution is -2.63. The van der Waals surface area contributed by atoms with E-state index in [-0.39, 0.29) is 11.8 Å². The van der Waals surface area contributed by atoms with Gasteiger partial charge in [0.15, 0.2) is 0 Å². The van der Waals surface area contributed by atoms with Gasteiger partial charge in [0.25, 0.3) is 0 Å². The summed E-state index contributed by atoms with van der Waals surface area (Å²) in [7, 11) is -4.54. The minimum Gasteiger partial charge on any atom is -0.368 e. The van der Waals surface area contributed by atoms with E-state index >= 15 is 0 Å². The van der Waals surface area contributed by atoms with Crippen LogP contribution in [0.25, 0.3) is 0 Å².